The number of aromatic nitrogens is 5. The van der Waals surface area contributed by atoms with Crippen LogP contribution in [0.15, 0.2) is 122 Å². The predicted octanol–water partition coefficient (Wildman–Crippen LogP) is 8.52. The van der Waals surface area contributed by atoms with E-state index in [1.807, 2.05) is 42.3 Å². The minimum absolute atomic E-state index is 0.915. The van der Waals surface area contributed by atoms with E-state index < -0.39 is 0 Å². The number of benzene rings is 4. The second kappa shape index (κ2) is 9.00. The fraction of sp³-hybridized carbons (Fsp3) is 0.0294. The van der Waals surface area contributed by atoms with Gasteiger partial charge in [0.2, 0.25) is 0 Å². The Labute approximate surface area is 234 Å². The molecule has 6 heteroatoms. The first-order valence-electron chi connectivity index (χ1n) is 13.2. The van der Waals surface area contributed by atoms with Gasteiger partial charge in [-0.2, -0.15) is 0 Å². The van der Waals surface area contributed by atoms with Crippen molar-refractivity contribution >= 4 is 43.4 Å². The smallest absolute Gasteiger partial charge is 0.139 e. The van der Waals surface area contributed by atoms with Gasteiger partial charge in [-0.1, -0.05) is 54.6 Å². The maximum absolute atomic E-state index is 4.93. The van der Waals surface area contributed by atoms with Crippen LogP contribution in [-0.2, 0) is 7.05 Å². The van der Waals surface area contributed by atoms with Crippen molar-refractivity contribution in [2.24, 2.45) is 7.05 Å². The Hall–Kier alpha value is -5.07. The van der Waals surface area contributed by atoms with Crippen LogP contribution in [0.3, 0.4) is 0 Å². The number of para-hydroxylation sites is 2. The van der Waals surface area contributed by atoms with E-state index in [0.717, 1.165) is 49.9 Å². The van der Waals surface area contributed by atoms with Crippen molar-refractivity contribution in [2.75, 3.05) is 0 Å². The van der Waals surface area contributed by atoms with Gasteiger partial charge in [-0.05, 0) is 48.5 Å². The molecular formula is C34H23N5S. The van der Waals surface area contributed by atoms with Crippen LogP contribution in [0.4, 0.5) is 0 Å². The number of hydrogen-bond donors (Lipinski definition) is 0. The number of hydrogen-bond acceptors (Lipinski definition) is 4. The number of fused-ring (bicyclic) bond motifs is 4. The summed E-state index contributed by atoms with van der Waals surface area (Å²) < 4.78 is 5.58. The number of nitrogens with zero attached hydrogens (tertiary/aromatic N) is 5. The molecule has 0 bridgehead atoms. The molecule has 0 aliphatic rings. The van der Waals surface area contributed by atoms with Crippen LogP contribution in [0.25, 0.3) is 70.9 Å². The Morgan fingerprint density at radius 2 is 1.52 bits per heavy atom. The summed E-state index contributed by atoms with van der Waals surface area (Å²) in [6, 6.07) is 36.4. The predicted molar refractivity (Wildman–Crippen MR) is 165 cm³/mol. The van der Waals surface area contributed by atoms with Gasteiger partial charge in [-0.3, -0.25) is 4.98 Å². The Bertz CT molecular complexity index is 2170. The largest absolute Gasteiger partial charge is 0.334 e. The first kappa shape index (κ1) is 22.9. The van der Waals surface area contributed by atoms with Crippen LogP contribution in [0.1, 0.15) is 0 Å². The zero-order chi connectivity index (χ0) is 26.6. The lowest BCUT2D eigenvalue weighted by molar-refractivity contribution is 0.924. The van der Waals surface area contributed by atoms with Crippen LogP contribution < -0.4 is 0 Å². The van der Waals surface area contributed by atoms with Crippen molar-refractivity contribution in [2.45, 2.75) is 0 Å². The summed E-state index contributed by atoms with van der Waals surface area (Å²) in [6.45, 7) is 0. The van der Waals surface area contributed by atoms with E-state index in [2.05, 4.69) is 101 Å². The average molecular weight is 534 g/mol. The van der Waals surface area contributed by atoms with Gasteiger partial charge in [0.15, 0.2) is 0 Å². The van der Waals surface area contributed by atoms with E-state index in [1.54, 1.807) is 11.3 Å². The quantitative estimate of drug-likeness (QED) is 0.228. The van der Waals surface area contributed by atoms with E-state index in [0.29, 0.717) is 0 Å². The topological polar surface area (TPSA) is 48.5 Å². The van der Waals surface area contributed by atoms with Crippen molar-refractivity contribution in [3.05, 3.63) is 122 Å². The molecule has 0 radical (unpaired) electrons. The van der Waals surface area contributed by atoms with Crippen LogP contribution in [0.2, 0.25) is 0 Å². The lowest BCUT2D eigenvalue weighted by Crippen LogP contribution is -1.96. The molecule has 5 nitrogen and oxygen atoms in total. The fourth-order valence-corrected chi connectivity index (χ4v) is 6.52. The van der Waals surface area contributed by atoms with Crippen molar-refractivity contribution in [3.8, 4) is 38.9 Å². The van der Waals surface area contributed by atoms with Crippen molar-refractivity contribution in [3.63, 3.8) is 0 Å². The van der Waals surface area contributed by atoms with Gasteiger partial charge in [0, 0.05) is 58.8 Å². The summed E-state index contributed by atoms with van der Waals surface area (Å²) in [5, 5.41) is 3.48. The Morgan fingerprint density at radius 1 is 0.650 bits per heavy atom. The highest BCUT2D eigenvalue weighted by Crippen LogP contribution is 2.37. The van der Waals surface area contributed by atoms with Gasteiger partial charge in [-0.25, -0.2) is 9.97 Å². The first-order valence-corrected chi connectivity index (χ1v) is 14.0. The van der Waals surface area contributed by atoms with Gasteiger partial charge >= 0.3 is 0 Å². The molecule has 8 rings (SSSR count). The highest BCUT2D eigenvalue weighted by Gasteiger charge is 2.15. The van der Waals surface area contributed by atoms with Crippen LogP contribution in [0.5, 0.6) is 0 Å². The second-order valence-corrected chi connectivity index (χ2v) is 10.9. The Morgan fingerprint density at radius 3 is 2.42 bits per heavy atom. The molecule has 4 heterocycles. The lowest BCUT2D eigenvalue weighted by atomic mass is 10.1. The van der Waals surface area contributed by atoms with E-state index in [4.69, 9.17) is 9.97 Å². The minimum Gasteiger partial charge on any atom is -0.334 e. The van der Waals surface area contributed by atoms with Crippen molar-refractivity contribution in [1.29, 1.82) is 0 Å². The molecule has 0 aliphatic carbocycles. The molecule has 0 amide bonds. The van der Waals surface area contributed by atoms with Crippen LogP contribution >= 0.6 is 11.3 Å². The van der Waals surface area contributed by atoms with Gasteiger partial charge < -0.3 is 9.13 Å². The summed E-state index contributed by atoms with van der Waals surface area (Å²) in [6.07, 6.45) is 5.64. The van der Waals surface area contributed by atoms with Crippen LogP contribution in [0, 0.1) is 0 Å². The third kappa shape index (κ3) is 3.65. The molecule has 0 unspecified atom stereocenters. The average Bonchev–Trinajstić information content (AvgIpc) is 3.72. The zero-order valence-electron chi connectivity index (χ0n) is 21.7. The molecule has 8 aromatic rings. The van der Waals surface area contributed by atoms with Gasteiger partial charge in [0.1, 0.15) is 10.8 Å². The van der Waals surface area contributed by atoms with E-state index in [9.17, 15) is 0 Å². The molecule has 190 valence electrons. The minimum atomic E-state index is 0.915. The molecule has 4 aromatic carbocycles. The molecule has 40 heavy (non-hydrogen) atoms. The maximum atomic E-state index is 4.93. The first-order chi connectivity index (χ1) is 19.7. The van der Waals surface area contributed by atoms with Gasteiger partial charge in [-0.15, -0.1) is 11.3 Å². The highest BCUT2D eigenvalue weighted by molar-refractivity contribution is 7.21. The molecule has 0 aliphatic heterocycles. The SMILES string of the molecule is Cn1ccnc1-c1ccnc(-c2cccc(-n3c4ccccc4c4ccc(-c5nc6ccccc6s5)cc43)c2)c1. The Balaban J connectivity index is 1.31. The third-order valence-corrected chi connectivity index (χ3v) is 8.54. The third-order valence-electron chi connectivity index (χ3n) is 7.45. The molecule has 0 fully saturated rings. The van der Waals surface area contributed by atoms with E-state index in [-0.39, 0.29) is 0 Å². The summed E-state index contributed by atoms with van der Waals surface area (Å²) >= 11 is 1.73. The number of imidazole rings is 1. The molecule has 0 spiro atoms. The van der Waals surface area contributed by atoms with Crippen molar-refractivity contribution < 1.29 is 0 Å². The maximum Gasteiger partial charge on any atom is 0.139 e. The number of pyridine rings is 1. The number of rotatable bonds is 4. The van der Waals surface area contributed by atoms with E-state index >= 15 is 0 Å². The van der Waals surface area contributed by atoms with Gasteiger partial charge in [0.25, 0.3) is 0 Å². The standard InChI is InChI=1S/C34H23N5S/c1-38-18-17-36-33(38)23-15-16-35-29(20-23)22-7-6-8-25(19-22)39-30-11-4-2-9-26(30)27-14-13-24(21-31(27)39)34-37-28-10-3-5-12-32(28)40-34/h2-21H,1H3. The molecule has 0 atom stereocenters. The molecule has 0 saturated heterocycles. The fourth-order valence-electron chi connectivity index (χ4n) is 5.55. The summed E-state index contributed by atoms with van der Waals surface area (Å²) in [5.74, 6) is 0.921. The molecular weight excluding hydrogens is 510 g/mol. The lowest BCUT2D eigenvalue weighted by Gasteiger charge is -2.11. The molecule has 0 saturated carbocycles. The van der Waals surface area contributed by atoms with Crippen molar-refractivity contribution in [1.82, 2.24) is 24.1 Å². The normalized spacial score (nSPS) is 11.6. The summed E-state index contributed by atoms with van der Waals surface area (Å²) in [4.78, 5) is 14.2. The molecule has 0 N–H and O–H groups in total. The summed E-state index contributed by atoms with van der Waals surface area (Å²) in [5.41, 5.74) is 8.60. The highest BCUT2D eigenvalue weighted by atomic mass is 32.1. The number of aryl methyl sites for hydroxylation is 1. The Kier molecular flexibility index (Phi) is 5.15. The molecule has 4 aromatic heterocycles. The van der Waals surface area contributed by atoms with Crippen LogP contribution in [-0.4, -0.2) is 24.1 Å². The number of thiazole rings is 1. The van der Waals surface area contributed by atoms with E-state index in [1.165, 1.54) is 21.0 Å². The van der Waals surface area contributed by atoms with Gasteiger partial charge in [0.05, 0.1) is 26.9 Å². The second-order valence-electron chi connectivity index (χ2n) is 9.91. The monoisotopic (exact) mass is 533 g/mol. The zero-order valence-corrected chi connectivity index (χ0v) is 22.5. The summed E-state index contributed by atoms with van der Waals surface area (Å²) in [7, 11) is 2.01.